The van der Waals surface area contributed by atoms with Crippen LogP contribution in [0.3, 0.4) is 0 Å². The molecule has 0 radical (unpaired) electrons. The van der Waals surface area contributed by atoms with E-state index in [9.17, 15) is 9.18 Å². The van der Waals surface area contributed by atoms with Crippen molar-refractivity contribution in [2.24, 2.45) is 10.7 Å². The van der Waals surface area contributed by atoms with Gasteiger partial charge in [0.2, 0.25) is 5.91 Å². The Morgan fingerprint density at radius 2 is 2.31 bits per heavy atom. The van der Waals surface area contributed by atoms with E-state index >= 15 is 0 Å². The van der Waals surface area contributed by atoms with Crippen molar-refractivity contribution in [3.63, 3.8) is 0 Å². The normalized spacial score (nSPS) is 11.3. The number of rotatable bonds is 3. The van der Waals surface area contributed by atoms with Crippen LogP contribution in [-0.4, -0.2) is 17.6 Å². The number of hydrogen-bond donors (Lipinski definition) is 2. The predicted molar refractivity (Wildman–Crippen MR) is 62.7 cm³/mol. The maximum absolute atomic E-state index is 13.3. The van der Waals surface area contributed by atoms with E-state index in [-0.39, 0.29) is 23.3 Å². The Morgan fingerprint density at radius 3 is 2.88 bits per heavy atom. The van der Waals surface area contributed by atoms with Crippen molar-refractivity contribution in [2.75, 3.05) is 11.2 Å². The number of halogens is 2. The molecular formula is C10H11ClFN3O. The van der Waals surface area contributed by atoms with E-state index in [1.54, 1.807) is 0 Å². The first kappa shape index (κ1) is 12.4. The van der Waals surface area contributed by atoms with Crippen LogP contribution in [-0.2, 0) is 4.79 Å². The number of nitrogens with zero attached hydrogens (tertiary/aromatic N) is 1. The molecule has 0 aliphatic rings. The lowest BCUT2D eigenvalue weighted by Gasteiger charge is -2.04. The molecule has 0 heterocycles. The molecule has 1 aromatic rings. The van der Waals surface area contributed by atoms with Gasteiger partial charge >= 0.3 is 0 Å². The number of carbonyl (C=O) groups is 1. The highest BCUT2D eigenvalue weighted by Crippen LogP contribution is 2.22. The van der Waals surface area contributed by atoms with Crippen molar-refractivity contribution in [1.29, 1.82) is 0 Å². The number of hydrogen-bond acceptors (Lipinski definition) is 2. The molecule has 0 aliphatic heterocycles. The minimum Gasteiger partial charge on any atom is -0.386 e. The van der Waals surface area contributed by atoms with Gasteiger partial charge in [0.15, 0.2) is 0 Å². The summed E-state index contributed by atoms with van der Waals surface area (Å²) >= 11 is 5.43. The average molecular weight is 244 g/mol. The van der Waals surface area contributed by atoms with Crippen molar-refractivity contribution in [3.8, 4) is 0 Å². The van der Waals surface area contributed by atoms with Crippen LogP contribution in [0.1, 0.15) is 6.92 Å². The number of anilines is 1. The molecule has 16 heavy (non-hydrogen) atoms. The number of amidine groups is 1. The van der Waals surface area contributed by atoms with Gasteiger partial charge in [0.05, 0.1) is 5.88 Å². The molecule has 0 unspecified atom stereocenters. The van der Waals surface area contributed by atoms with Crippen LogP contribution >= 0.6 is 11.6 Å². The van der Waals surface area contributed by atoms with Gasteiger partial charge in [-0.15, -0.1) is 11.6 Å². The number of nitrogens with two attached hydrogens (primary N) is 1. The van der Waals surface area contributed by atoms with E-state index in [4.69, 9.17) is 17.3 Å². The number of aliphatic imine (C=N–C) groups is 1. The van der Waals surface area contributed by atoms with Gasteiger partial charge in [-0.25, -0.2) is 9.38 Å². The highest BCUT2D eigenvalue weighted by atomic mass is 35.5. The van der Waals surface area contributed by atoms with E-state index in [0.29, 0.717) is 5.69 Å². The largest absolute Gasteiger partial charge is 0.386 e. The van der Waals surface area contributed by atoms with Gasteiger partial charge in [-0.05, 0) is 18.2 Å². The summed E-state index contributed by atoms with van der Waals surface area (Å²) < 4.78 is 13.3. The molecular weight excluding hydrogens is 233 g/mol. The Labute approximate surface area is 97.3 Å². The minimum absolute atomic E-state index is 0.0177. The smallest absolute Gasteiger partial charge is 0.221 e. The van der Waals surface area contributed by atoms with Gasteiger partial charge in [-0.1, -0.05) is 0 Å². The van der Waals surface area contributed by atoms with E-state index in [0.717, 1.165) is 0 Å². The first-order valence-corrected chi connectivity index (χ1v) is 5.02. The zero-order valence-electron chi connectivity index (χ0n) is 8.63. The molecule has 4 nitrogen and oxygen atoms in total. The zero-order chi connectivity index (χ0) is 12.1. The number of amides is 1. The Balaban J connectivity index is 3.03. The quantitative estimate of drug-likeness (QED) is 0.484. The summed E-state index contributed by atoms with van der Waals surface area (Å²) in [6.07, 6.45) is 0. The van der Waals surface area contributed by atoms with Gasteiger partial charge in [0, 0.05) is 12.6 Å². The molecule has 0 atom stereocenters. The highest BCUT2D eigenvalue weighted by Gasteiger charge is 2.04. The summed E-state index contributed by atoms with van der Waals surface area (Å²) in [5.41, 5.74) is 5.89. The first-order valence-electron chi connectivity index (χ1n) is 4.49. The molecule has 0 bridgehead atoms. The summed E-state index contributed by atoms with van der Waals surface area (Å²) in [5.74, 6) is -0.640. The lowest BCUT2D eigenvalue weighted by Crippen LogP contribution is -2.12. The van der Waals surface area contributed by atoms with Crippen LogP contribution in [0.5, 0.6) is 0 Å². The van der Waals surface area contributed by atoms with Crippen molar-refractivity contribution in [3.05, 3.63) is 24.0 Å². The summed E-state index contributed by atoms with van der Waals surface area (Å²) in [6, 6.07) is 4.02. The summed E-state index contributed by atoms with van der Waals surface area (Å²) in [6.45, 7) is 1.36. The van der Waals surface area contributed by atoms with Crippen molar-refractivity contribution in [1.82, 2.24) is 0 Å². The van der Waals surface area contributed by atoms with Crippen molar-refractivity contribution >= 4 is 34.7 Å². The average Bonchev–Trinajstić information content (AvgIpc) is 2.22. The molecule has 1 rings (SSSR count). The standard InChI is InChI=1S/C10H11ClFN3O/c1-6(16)14-7-2-3-8(12)9(4-7)15-10(13)5-11/h2-4H,5H2,1H3,(H2,13,15)(H,14,16). The monoisotopic (exact) mass is 243 g/mol. The van der Waals surface area contributed by atoms with Gasteiger partial charge in [-0.3, -0.25) is 4.79 Å². The molecule has 0 aliphatic carbocycles. The summed E-state index contributed by atoms with van der Waals surface area (Å²) in [7, 11) is 0. The number of benzene rings is 1. The summed E-state index contributed by atoms with van der Waals surface area (Å²) in [5, 5.41) is 2.51. The second-order valence-corrected chi connectivity index (χ2v) is 3.35. The van der Waals surface area contributed by atoms with Gasteiger partial charge < -0.3 is 11.1 Å². The van der Waals surface area contributed by atoms with Crippen LogP contribution in [0, 0.1) is 5.82 Å². The van der Waals surface area contributed by atoms with Crippen molar-refractivity contribution in [2.45, 2.75) is 6.92 Å². The second kappa shape index (κ2) is 5.46. The summed E-state index contributed by atoms with van der Waals surface area (Å²) in [4.78, 5) is 14.6. The number of alkyl halides is 1. The van der Waals surface area contributed by atoms with Gasteiger partial charge in [-0.2, -0.15) is 0 Å². The fraction of sp³-hybridized carbons (Fsp3) is 0.200. The third-order valence-electron chi connectivity index (χ3n) is 1.67. The van der Waals surface area contributed by atoms with E-state index in [1.807, 2.05) is 0 Å². The Morgan fingerprint density at radius 1 is 1.62 bits per heavy atom. The molecule has 0 fully saturated rings. The zero-order valence-corrected chi connectivity index (χ0v) is 9.38. The number of carbonyl (C=O) groups excluding carboxylic acids is 1. The first-order chi connectivity index (χ1) is 7.52. The van der Waals surface area contributed by atoms with E-state index in [1.165, 1.54) is 25.1 Å². The number of nitrogens with one attached hydrogen (secondary N) is 1. The van der Waals surface area contributed by atoms with Crippen LogP contribution in [0.25, 0.3) is 0 Å². The van der Waals surface area contributed by atoms with Gasteiger partial charge in [0.25, 0.3) is 0 Å². The minimum atomic E-state index is -0.526. The third-order valence-corrected chi connectivity index (χ3v) is 1.94. The Bertz CT molecular complexity index is 434. The van der Waals surface area contributed by atoms with Crippen molar-refractivity contribution < 1.29 is 9.18 Å². The Hall–Kier alpha value is -1.62. The lowest BCUT2D eigenvalue weighted by molar-refractivity contribution is -0.114. The molecule has 0 saturated carbocycles. The molecule has 0 spiro atoms. The van der Waals surface area contributed by atoms with Crippen LogP contribution in [0.2, 0.25) is 0 Å². The molecule has 6 heteroatoms. The topological polar surface area (TPSA) is 67.5 Å². The van der Waals surface area contributed by atoms with E-state index in [2.05, 4.69) is 10.3 Å². The fourth-order valence-corrected chi connectivity index (χ4v) is 1.12. The van der Waals surface area contributed by atoms with Gasteiger partial charge in [0.1, 0.15) is 17.3 Å². The second-order valence-electron chi connectivity index (χ2n) is 3.08. The van der Waals surface area contributed by atoms with Crippen LogP contribution in [0.4, 0.5) is 15.8 Å². The molecule has 0 saturated heterocycles. The predicted octanol–water partition coefficient (Wildman–Crippen LogP) is 2.01. The SMILES string of the molecule is CC(=O)Nc1ccc(F)c(N=C(N)CCl)c1. The molecule has 0 aromatic heterocycles. The maximum Gasteiger partial charge on any atom is 0.221 e. The van der Waals surface area contributed by atoms with E-state index < -0.39 is 5.82 Å². The molecule has 1 aromatic carbocycles. The lowest BCUT2D eigenvalue weighted by atomic mass is 10.2. The molecule has 1 amide bonds. The highest BCUT2D eigenvalue weighted by molar-refractivity contribution is 6.28. The fourth-order valence-electron chi connectivity index (χ4n) is 1.06. The maximum atomic E-state index is 13.3. The van der Waals surface area contributed by atoms with Crippen LogP contribution in [0.15, 0.2) is 23.2 Å². The Kier molecular flexibility index (Phi) is 4.25. The third kappa shape index (κ3) is 3.51. The molecule has 86 valence electrons. The molecule has 3 N–H and O–H groups in total. The van der Waals surface area contributed by atoms with Crippen LogP contribution < -0.4 is 11.1 Å².